The molecule has 1 heterocycles. The predicted octanol–water partition coefficient (Wildman–Crippen LogP) is 3.46. The fraction of sp³-hybridized carbons (Fsp3) is 0.0769. The zero-order valence-corrected chi connectivity index (χ0v) is 12.1. The van der Waals surface area contributed by atoms with Gasteiger partial charge in [0.2, 0.25) is 5.91 Å². The molecule has 110 valence electrons. The first kappa shape index (κ1) is 15.5. The van der Waals surface area contributed by atoms with Gasteiger partial charge in [-0.2, -0.15) is 0 Å². The van der Waals surface area contributed by atoms with Crippen LogP contribution in [-0.4, -0.2) is 22.7 Å². The lowest BCUT2D eigenvalue weighted by molar-refractivity contribution is -0.113. The fourth-order valence-electron chi connectivity index (χ4n) is 1.44. The molecule has 0 bridgehead atoms. The van der Waals surface area contributed by atoms with Crippen molar-refractivity contribution in [3.05, 3.63) is 46.2 Å². The van der Waals surface area contributed by atoms with Crippen molar-refractivity contribution in [2.75, 3.05) is 11.1 Å². The first-order valence-corrected chi connectivity index (χ1v) is 7.52. The van der Waals surface area contributed by atoms with Gasteiger partial charge >= 0.3 is 5.97 Å². The molecule has 0 saturated carbocycles. The first-order chi connectivity index (χ1) is 9.95. The highest BCUT2D eigenvalue weighted by Crippen LogP contribution is 2.25. The number of halogens is 2. The average molecular weight is 329 g/mol. The van der Waals surface area contributed by atoms with Crippen molar-refractivity contribution in [2.45, 2.75) is 4.90 Å². The van der Waals surface area contributed by atoms with Crippen LogP contribution in [0.4, 0.5) is 14.5 Å². The van der Waals surface area contributed by atoms with Gasteiger partial charge in [-0.25, -0.2) is 13.6 Å². The maximum absolute atomic E-state index is 13.3. The number of benzene rings is 1. The van der Waals surface area contributed by atoms with E-state index in [1.165, 1.54) is 6.07 Å². The number of carbonyl (C=O) groups excluding carboxylic acids is 1. The Hall–Kier alpha value is -1.93. The second-order valence-corrected chi connectivity index (χ2v) is 5.87. The molecular formula is C13H9F2NO3S2. The van der Waals surface area contributed by atoms with E-state index in [1.54, 1.807) is 5.38 Å². The minimum Gasteiger partial charge on any atom is -0.477 e. The summed E-state index contributed by atoms with van der Waals surface area (Å²) in [7, 11) is 0. The van der Waals surface area contributed by atoms with E-state index in [1.807, 2.05) is 0 Å². The molecule has 0 aliphatic rings. The number of hydrogen-bond donors (Lipinski definition) is 2. The Bertz CT molecular complexity index is 688. The third-order valence-corrected chi connectivity index (χ3v) is 4.40. The van der Waals surface area contributed by atoms with Crippen LogP contribution in [0, 0.1) is 11.6 Å². The number of nitrogens with one attached hydrogen (secondary N) is 1. The van der Waals surface area contributed by atoms with E-state index < -0.39 is 23.5 Å². The van der Waals surface area contributed by atoms with E-state index in [2.05, 4.69) is 5.32 Å². The van der Waals surface area contributed by atoms with Gasteiger partial charge in [0.15, 0.2) is 0 Å². The van der Waals surface area contributed by atoms with Crippen molar-refractivity contribution in [2.24, 2.45) is 0 Å². The van der Waals surface area contributed by atoms with Crippen LogP contribution in [-0.2, 0) is 4.79 Å². The number of carbonyl (C=O) groups is 2. The number of carboxylic acids is 1. The molecule has 21 heavy (non-hydrogen) atoms. The van der Waals surface area contributed by atoms with E-state index >= 15 is 0 Å². The van der Waals surface area contributed by atoms with Gasteiger partial charge in [0.25, 0.3) is 0 Å². The number of anilines is 1. The lowest BCUT2D eigenvalue weighted by Crippen LogP contribution is -2.15. The van der Waals surface area contributed by atoms with E-state index in [0.717, 1.165) is 41.3 Å². The molecule has 0 saturated heterocycles. The quantitative estimate of drug-likeness (QED) is 0.825. The normalized spacial score (nSPS) is 10.4. The monoisotopic (exact) mass is 329 g/mol. The summed E-state index contributed by atoms with van der Waals surface area (Å²) in [6, 6.07) is 4.23. The van der Waals surface area contributed by atoms with Crippen molar-refractivity contribution in [1.29, 1.82) is 0 Å². The minimum absolute atomic E-state index is 0.0360. The summed E-state index contributed by atoms with van der Waals surface area (Å²) in [6.45, 7) is 0. The topological polar surface area (TPSA) is 66.4 Å². The van der Waals surface area contributed by atoms with E-state index in [0.29, 0.717) is 4.90 Å². The van der Waals surface area contributed by atoms with Crippen LogP contribution in [0.3, 0.4) is 0 Å². The Labute approximate surface area is 126 Å². The van der Waals surface area contributed by atoms with Crippen LogP contribution < -0.4 is 5.32 Å². The summed E-state index contributed by atoms with van der Waals surface area (Å²) in [5.74, 6) is -2.95. The molecule has 0 aliphatic carbocycles. The lowest BCUT2D eigenvalue weighted by atomic mass is 10.3. The SMILES string of the molecule is O=C(CSc1csc(C(=O)O)c1)Nc1cc(F)ccc1F. The van der Waals surface area contributed by atoms with Crippen LogP contribution in [0.5, 0.6) is 0 Å². The van der Waals surface area contributed by atoms with Crippen molar-refractivity contribution < 1.29 is 23.5 Å². The zero-order valence-electron chi connectivity index (χ0n) is 10.4. The Kier molecular flexibility index (Phi) is 4.92. The highest BCUT2D eigenvalue weighted by atomic mass is 32.2. The molecule has 0 unspecified atom stereocenters. The van der Waals surface area contributed by atoms with Gasteiger partial charge in [-0.3, -0.25) is 4.79 Å². The van der Waals surface area contributed by atoms with Gasteiger partial charge in [-0.05, 0) is 18.2 Å². The molecule has 0 atom stereocenters. The summed E-state index contributed by atoms with van der Waals surface area (Å²) in [4.78, 5) is 23.2. The Balaban J connectivity index is 1.92. The highest BCUT2D eigenvalue weighted by molar-refractivity contribution is 8.00. The Morgan fingerprint density at radius 2 is 2.05 bits per heavy atom. The van der Waals surface area contributed by atoms with Gasteiger partial charge in [0.05, 0.1) is 11.4 Å². The van der Waals surface area contributed by atoms with E-state index in [9.17, 15) is 18.4 Å². The molecule has 2 N–H and O–H groups in total. The molecule has 1 amide bonds. The molecule has 1 aromatic carbocycles. The number of carboxylic acid groups (broad SMARTS) is 1. The summed E-state index contributed by atoms with van der Waals surface area (Å²) in [6.07, 6.45) is 0. The summed E-state index contributed by atoms with van der Waals surface area (Å²) >= 11 is 2.17. The predicted molar refractivity (Wildman–Crippen MR) is 77.0 cm³/mol. The van der Waals surface area contributed by atoms with Crippen molar-refractivity contribution in [3.63, 3.8) is 0 Å². The number of rotatable bonds is 5. The lowest BCUT2D eigenvalue weighted by Gasteiger charge is -2.05. The molecule has 0 fully saturated rings. The largest absolute Gasteiger partial charge is 0.477 e. The van der Waals surface area contributed by atoms with Crippen molar-refractivity contribution in [3.8, 4) is 0 Å². The van der Waals surface area contributed by atoms with Crippen molar-refractivity contribution >= 4 is 40.7 Å². The smallest absolute Gasteiger partial charge is 0.345 e. The molecule has 4 nitrogen and oxygen atoms in total. The van der Waals surface area contributed by atoms with Crippen LogP contribution in [0.25, 0.3) is 0 Å². The third-order valence-electron chi connectivity index (χ3n) is 2.36. The van der Waals surface area contributed by atoms with E-state index in [4.69, 9.17) is 5.11 Å². The van der Waals surface area contributed by atoms with Gasteiger partial charge in [0, 0.05) is 16.3 Å². The summed E-state index contributed by atoms with van der Waals surface area (Å²) in [5, 5.41) is 12.7. The number of thiophene rings is 1. The Morgan fingerprint density at radius 1 is 1.29 bits per heavy atom. The summed E-state index contributed by atoms with van der Waals surface area (Å²) in [5.41, 5.74) is -0.225. The fourth-order valence-corrected chi connectivity index (χ4v) is 3.10. The molecule has 0 aliphatic heterocycles. The van der Waals surface area contributed by atoms with Crippen LogP contribution >= 0.6 is 23.1 Å². The molecule has 2 aromatic rings. The first-order valence-electron chi connectivity index (χ1n) is 5.65. The second kappa shape index (κ2) is 6.68. The van der Waals surface area contributed by atoms with Crippen LogP contribution in [0.1, 0.15) is 9.67 Å². The molecule has 1 aromatic heterocycles. The summed E-state index contributed by atoms with van der Waals surface area (Å²) < 4.78 is 26.3. The number of amides is 1. The minimum atomic E-state index is -1.03. The van der Waals surface area contributed by atoms with Crippen molar-refractivity contribution in [1.82, 2.24) is 0 Å². The second-order valence-electron chi connectivity index (χ2n) is 3.91. The van der Waals surface area contributed by atoms with Crippen LogP contribution in [0.2, 0.25) is 0 Å². The standard InChI is InChI=1S/C13H9F2NO3S2/c14-7-1-2-9(15)10(3-7)16-12(17)6-20-8-4-11(13(18)19)21-5-8/h1-5H,6H2,(H,16,17)(H,18,19). The molecule has 0 radical (unpaired) electrons. The number of hydrogen-bond acceptors (Lipinski definition) is 4. The van der Waals surface area contributed by atoms with E-state index in [-0.39, 0.29) is 16.3 Å². The molecule has 0 spiro atoms. The Morgan fingerprint density at radius 3 is 2.71 bits per heavy atom. The average Bonchev–Trinajstić information content (AvgIpc) is 2.90. The van der Waals surface area contributed by atoms with Gasteiger partial charge in [0.1, 0.15) is 16.5 Å². The maximum atomic E-state index is 13.3. The van der Waals surface area contributed by atoms with Gasteiger partial charge < -0.3 is 10.4 Å². The highest BCUT2D eigenvalue weighted by Gasteiger charge is 2.11. The molecule has 2 rings (SSSR count). The third kappa shape index (κ3) is 4.27. The van der Waals surface area contributed by atoms with Gasteiger partial charge in [-0.15, -0.1) is 23.1 Å². The van der Waals surface area contributed by atoms with Crippen LogP contribution in [0.15, 0.2) is 34.5 Å². The number of aromatic carboxylic acids is 1. The van der Waals surface area contributed by atoms with Gasteiger partial charge in [-0.1, -0.05) is 0 Å². The molecular weight excluding hydrogens is 320 g/mol. The maximum Gasteiger partial charge on any atom is 0.345 e. The molecule has 8 heteroatoms. The number of thioether (sulfide) groups is 1. The zero-order chi connectivity index (χ0) is 15.4.